The Morgan fingerprint density at radius 2 is 1.46 bits per heavy atom. The second kappa shape index (κ2) is 8.39. The molecule has 1 amide bonds. The van der Waals surface area contributed by atoms with Gasteiger partial charge in [0.2, 0.25) is 0 Å². The molecule has 0 bridgehead atoms. The third kappa shape index (κ3) is 4.04. The van der Waals surface area contributed by atoms with Crippen molar-refractivity contribution in [1.82, 2.24) is 0 Å². The van der Waals surface area contributed by atoms with Gasteiger partial charge in [-0.2, -0.15) is 0 Å². The van der Waals surface area contributed by atoms with Gasteiger partial charge < -0.3 is 14.8 Å². The molecule has 142 valence electrons. The molecule has 0 aromatic heterocycles. The summed E-state index contributed by atoms with van der Waals surface area (Å²) in [5.41, 5.74) is 3.23. The molecule has 5 nitrogen and oxygen atoms in total. The molecular formula is C23H21NO4. The molecule has 1 N–H and O–H groups in total. The van der Waals surface area contributed by atoms with Crippen molar-refractivity contribution in [3.63, 3.8) is 0 Å². The summed E-state index contributed by atoms with van der Waals surface area (Å²) in [7, 11) is 2.98. The largest absolute Gasteiger partial charge is 0.497 e. The third-order valence-corrected chi connectivity index (χ3v) is 4.39. The van der Waals surface area contributed by atoms with Crippen LogP contribution in [0, 0.1) is 0 Å². The summed E-state index contributed by atoms with van der Waals surface area (Å²) < 4.78 is 10.5. The fourth-order valence-corrected chi connectivity index (χ4v) is 2.97. The van der Waals surface area contributed by atoms with E-state index in [9.17, 15) is 9.59 Å². The Kier molecular flexibility index (Phi) is 5.75. The number of benzene rings is 3. The molecule has 0 aliphatic rings. The highest BCUT2D eigenvalue weighted by Crippen LogP contribution is 2.33. The lowest BCUT2D eigenvalue weighted by molar-refractivity contribution is 0.101. The minimum absolute atomic E-state index is 0.214. The standard InChI is InChI=1S/C23H21NO4/c1-15(25)22-20(13-19(27-2)14-21(22)28-3)24-23(26)18-11-9-17(10-12-18)16-7-5-4-6-8-16/h4-14H,1-3H3,(H,24,26). The Morgan fingerprint density at radius 1 is 0.821 bits per heavy atom. The zero-order valence-electron chi connectivity index (χ0n) is 16.0. The van der Waals surface area contributed by atoms with E-state index in [0.29, 0.717) is 28.3 Å². The molecule has 0 atom stereocenters. The molecule has 5 heteroatoms. The van der Waals surface area contributed by atoms with Gasteiger partial charge in [0.05, 0.1) is 25.5 Å². The third-order valence-electron chi connectivity index (χ3n) is 4.39. The summed E-state index contributed by atoms with van der Waals surface area (Å²) in [5.74, 6) is 0.296. The maximum atomic E-state index is 12.7. The quantitative estimate of drug-likeness (QED) is 0.627. The van der Waals surface area contributed by atoms with Crippen LogP contribution in [0.1, 0.15) is 27.6 Å². The number of ketones is 1. The summed E-state index contributed by atoms with van der Waals surface area (Å²) in [5, 5.41) is 2.80. The zero-order valence-corrected chi connectivity index (χ0v) is 16.0. The van der Waals surface area contributed by atoms with Crippen molar-refractivity contribution in [2.75, 3.05) is 19.5 Å². The van der Waals surface area contributed by atoms with E-state index in [4.69, 9.17) is 9.47 Å². The predicted molar refractivity (Wildman–Crippen MR) is 109 cm³/mol. The van der Waals surface area contributed by atoms with E-state index in [2.05, 4.69) is 5.32 Å². The van der Waals surface area contributed by atoms with Crippen LogP contribution in [0.3, 0.4) is 0 Å². The first-order valence-corrected chi connectivity index (χ1v) is 8.77. The molecule has 0 saturated carbocycles. The number of Topliss-reactive ketones (excluding diaryl/α,β-unsaturated/α-hetero) is 1. The monoisotopic (exact) mass is 375 g/mol. The van der Waals surface area contributed by atoms with Crippen LogP contribution in [-0.2, 0) is 0 Å². The molecule has 0 aliphatic carbocycles. The van der Waals surface area contributed by atoms with Crippen molar-refractivity contribution in [2.24, 2.45) is 0 Å². The summed E-state index contributed by atoms with van der Waals surface area (Å²) in [4.78, 5) is 24.8. The van der Waals surface area contributed by atoms with E-state index in [1.54, 1.807) is 24.3 Å². The molecule has 3 rings (SSSR count). The van der Waals surface area contributed by atoms with Crippen molar-refractivity contribution in [1.29, 1.82) is 0 Å². The highest BCUT2D eigenvalue weighted by molar-refractivity contribution is 6.10. The molecule has 28 heavy (non-hydrogen) atoms. The number of methoxy groups -OCH3 is 2. The Bertz CT molecular complexity index is 995. The fraction of sp³-hybridized carbons (Fsp3) is 0.130. The smallest absolute Gasteiger partial charge is 0.255 e. The average molecular weight is 375 g/mol. The second-order valence-electron chi connectivity index (χ2n) is 6.21. The number of carbonyl (C=O) groups is 2. The molecule has 0 radical (unpaired) electrons. The number of rotatable bonds is 6. The number of hydrogen-bond donors (Lipinski definition) is 1. The molecule has 0 heterocycles. The Morgan fingerprint density at radius 3 is 2.04 bits per heavy atom. The van der Waals surface area contributed by atoms with Gasteiger partial charge in [-0.15, -0.1) is 0 Å². The van der Waals surface area contributed by atoms with E-state index in [1.807, 2.05) is 42.5 Å². The minimum Gasteiger partial charge on any atom is -0.497 e. The van der Waals surface area contributed by atoms with Crippen molar-refractivity contribution in [3.8, 4) is 22.6 Å². The summed E-state index contributed by atoms with van der Waals surface area (Å²) in [6.07, 6.45) is 0. The maximum absolute atomic E-state index is 12.7. The predicted octanol–water partition coefficient (Wildman–Crippen LogP) is 4.83. The average Bonchev–Trinajstić information content (AvgIpc) is 2.73. The zero-order chi connectivity index (χ0) is 20.1. The SMILES string of the molecule is COc1cc(NC(=O)c2ccc(-c3ccccc3)cc2)c(C(C)=O)c(OC)c1. The Labute approximate surface area is 163 Å². The van der Waals surface area contributed by atoms with E-state index in [-0.39, 0.29) is 11.7 Å². The lowest BCUT2D eigenvalue weighted by atomic mass is 10.0. The lowest BCUT2D eigenvalue weighted by Gasteiger charge is -2.15. The van der Waals surface area contributed by atoms with Crippen LogP contribution in [0.5, 0.6) is 11.5 Å². The molecule has 0 saturated heterocycles. The van der Waals surface area contributed by atoms with Crippen LogP contribution in [0.15, 0.2) is 66.7 Å². The Hall–Kier alpha value is -3.60. The van der Waals surface area contributed by atoms with Crippen LogP contribution in [0.25, 0.3) is 11.1 Å². The Balaban J connectivity index is 1.89. The lowest BCUT2D eigenvalue weighted by Crippen LogP contribution is -2.15. The van der Waals surface area contributed by atoms with Crippen molar-refractivity contribution in [2.45, 2.75) is 6.92 Å². The van der Waals surface area contributed by atoms with Gasteiger partial charge in [-0.3, -0.25) is 9.59 Å². The number of nitrogens with one attached hydrogen (secondary N) is 1. The number of anilines is 1. The summed E-state index contributed by atoms with van der Waals surface area (Å²) >= 11 is 0. The van der Waals surface area contributed by atoms with Gasteiger partial charge in [0.1, 0.15) is 11.5 Å². The van der Waals surface area contributed by atoms with Gasteiger partial charge in [0.15, 0.2) is 5.78 Å². The molecule has 3 aromatic carbocycles. The first-order chi connectivity index (χ1) is 13.5. The van der Waals surface area contributed by atoms with E-state index in [1.165, 1.54) is 21.1 Å². The van der Waals surface area contributed by atoms with Gasteiger partial charge in [-0.05, 0) is 30.2 Å². The number of amides is 1. The highest BCUT2D eigenvalue weighted by atomic mass is 16.5. The highest BCUT2D eigenvalue weighted by Gasteiger charge is 2.18. The van der Waals surface area contributed by atoms with Gasteiger partial charge in [-0.1, -0.05) is 42.5 Å². The summed E-state index contributed by atoms with van der Waals surface area (Å²) in [6.45, 7) is 1.43. The molecule has 3 aromatic rings. The maximum Gasteiger partial charge on any atom is 0.255 e. The van der Waals surface area contributed by atoms with Crippen LogP contribution in [0.4, 0.5) is 5.69 Å². The van der Waals surface area contributed by atoms with Crippen molar-refractivity contribution >= 4 is 17.4 Å². The molecule has 0 aliphatic heterocycles. The van der Waals surface area contributed by atoms with Gasteiger partial charge in [0.25, 0.3) is 5.91 Å². The van der Waals surface area contributed by atoms with E-state index >= 15 is 0 Å². The van der Waals surface area contributed by atoms with Crippen LogP contribution in [-0.4, -0.2) is 25.9 Å². The fourth-order valence-electron chi connectivity index (χ4n) is 2.97. The van der Waals surface area contributed by atoms with Crippen LogP contribution in [0.2, 0.25) is 0 Å². The van der Waals surface area contributed by atoms with Gasteiger partial charge >= 0.3 is 0 Å². The second-order valence-corrected chi connectivity index (χ2v) is 6.21. The van der Waals surface area contributed by atoms with Crippen molar-refractivity contribution in [3.05, 3.63) is 77.9 Å². The topological polar surface area (TPSA) is 64.6 Å². The normalized spacial score (nSPS) is 10.2. The van der Waals surface area contributed by atoms with E-state index in [0.717, 1.165) is 11.1 Å². The first kappa shape index (κ1) is 19.2. The first-order valence-electron chi connectivity index (χ1n) is 8.77. The summed E-state index contributed by atoms with van der Waals surface area (Å²) in [6, 6.07) is 20.4. The number of hydrogen-bond acceptors (Lipinski definition) is 4. The van der Waals surface area contributed by atoms with Crippen molar-refractivity contribution < 1.29 is 19.1 Å². The minimum atomic E-state index is -0.322. The number of carbonyl (C=O) groups excluding carboxylic acids is 2. The molecule has 0 unspecified atom stereocenters. The number of ether oxygens (including phenoxy) is 2. The van der Waals surface area contributed by atoms with E-state index < -0.39 is 0 Å². The van der Waals surface area contributed by atoms with Gasteiger partial charge in [-0.25, -0.2) is 0 Å². The molecule has 0 fully saturated rings. The molecule has 0 spiro atoms. The molecular weight excluding hydrogens is 354 g/mol. The van der Waals surface area contributed by atoms with Crippen LogP contribution >= 0.6 is 0 Å². The van der Waals surface area contributed by atoms with Crippen LogP contribution < -0.4 is 14.8 Å². The van der Waals surface area contributed by atoms with Gasteiger partial charge in [0, 0.05) is 17.7 Å².